The Balaban J connectivity index is 2.66. The van der Waals surface area contributed by atoms with Crippen molar-refractivity contribution < 1.29 is 19.5 Å². The molecule has 1 rings (SSSR count). The summed E-state index contributed by atoms with van der Waals surface area (Å²) in [6.07, 6.45) is 0. The highest BCUT2D eigenvalue weighted by molar-refractivity contribution is 9.10. The van der Waals surface area contributed by atoms with E-state index in [9.17, 15) is 14.4 Å². The van der Waals surface area contributed by atoms with Gasteiger partial charge < -0.3 is 15.7 Å². The summed E-state index contributed by atoms with van der Waals surface area (Å²) < 4.78 is 0.513. The molecule has 0 radical (unpaired) electrons. The van der Waals surface area contributed by atoms with Crippen LogP contribution in [-0.2, 0) is 4.79 Å². The Hall–Kier alpha value is -1.89. The molecule has 0 aliphatic heterocycles. The minimum absolute atomic E-state index is 0.0291. The summed E-state index contributed by atoms with van der Waals surface area (Å²) in [4.78, 5) is 33.3. The fourth-order valence-corrected chi connectivity index (χ4v) is 1.85. The molecule has 0 atom stereocenters. The third kappa shape index (κ3) is 5.09. The number of benzene rings is 1. The molecule has 1 aromatic rings. The third-order valence-corrected chi connectivity index (χ3v) is 2.65. The predicted molar refractivity (Wildman–Crippen MR) is 72.1 cm³/mol. The smallest absolute Gasteiger partial charge is 0.335 e. The maximum atomic E-state index is 11.8. The second-order valence-corrected chi connectivity index (χ2v) is 4.69. The molecule has 0 bridgehead atoms. The van der Waals surface area contributed by atoms with E-state index >= 15 is 0 Å². The average Bonchev–Trinajstić information content (AvgIpc) is 2.33. The van der Waals surface area contributed by atoms with Crippen LogP contribution in [-0.4, -0.2) is 36.0 Å². The highest BCUT2D eigenvalue weighted by Gasteiger charge is 2.11. The van der Waals surface area contributed by atoms with E-state index in [1.54, 1.807) is 0 Å². The number of hydrogen-bond donors (Lipinski definition) is 3. The van der Waals surface area contributed by atoms with Crippen molar-refractivity contribution in [2.75, 3.05) is 13.1 Å². The largest absolute Gasteiger partial charge is 0.478 e. The zero-order valence-electron chi connectivity index (χ0n) is 10.2. The lowest BCUT2D eigenvalue weighted by atomic mass is 10.1. The quantitative estimate of drug-likeness (QED) is 0.703. The van der Waals surface area contributed by atoms with Gasteiger partial charge in [0, 0.05) is 30.0 Å². The van der Waals surface area contributed by atoms with Gasteiger partial charge in [-0.25, -0.2) is 4.79 Å². The van der Waals surface area contributed by atoms with Gasteiger partial charge in [-0.2, -0.15) is 0 Å². The van der Waals surface area contributed by atoms with Crippen molar-refractivity contribution >= 4 is 33.7 Å². The Morgan fingerprint density at radius 2 is 1.68 bits per heavy atom. The number of rotatable bonds is 5. The predicted octanol–water partition coefficient (Wildman–Crippen LogP) is 1.01. The zero-order valence-corrected chi connectivity index (χ0v) is 11.8. The number of nitrogens with one attached hydrogen (secondary N) is 2. The first-order chi connectivity index (χ1) is 8.90. The molecule has 0 saturated carbocycles. The normalized spacial score (nSPS) is 9.79. The molecule has 0 spiro atoms. The SMILES string of the molecule is CC(=O)NCCNC(=O)c1cc(Br)cc(C(=O)O)c1. The number of aromatic carboxylic acids is 1. The Morgan fingerprint density at radius 3 is 2.26 bits per heavy atom. The van der Waals surface area contributed by atoms with E-state index in [0.29, 0.717) is 11.0 Å². The highest BCUT2D eigenvalue weighted by atomic mass is 79.9. The summed E-state index contributed by atoms with van der Waals surface area (Å²) in [6.45, 7) is 1.98. The van der Waals surface area contributed by atoms with Gasteiger partial charge in [0.25, 0.3) is 5.91 Å². The van der Waals surface area contributed by atoms with Crippen molar-refractivity contribution in [1.29, 1.82) is 0 Å². The summed E-state index contributed by atoms with van der Waals surface area (Å²) in [5, 5.41) is 14.0. The van der Waals surface area contributed by atoms with Crippen LogP contribution in [0.15, 0.2) is 22.7 Å². The first-order valence-corrected chi connectivity index (χ1v) is 6.26. The van der Waals surface area contributed by atoms with Crippen molar-refractivity contribution in [2.45, 2.75) is 6.92 Å². The van der Waals surface area contributed by atoms with Gasteiger partial charge in [0.2, 0.25) is 5.91 Å². The van der Waals surface area contributed by atoms with Gasteiger partial charge >= 0.3 is 5.97 Å². The highest BCUT2D eigenvalue weighted by Crippen LogP contribution is 2.16. The summed E-state index contributed by atoms with van der Waals surface area (Å²) in [5.41, 5.74) is 0.274. The monoisotopic (exact) mass is 328 g/mol. The van der Waals surface area contributed by atoms with Crippen LogP contribution in [0, 0.1) is 0 Å². The van der Waals surface area contributed by atoms with Gasteiger partial charge in [-0.15, -0.1) is 0 Å². The van der Waals surface area contributed by atoms with Gasteiger partial charge in [-0.05, 0) is 18.2 Å². The lowest BCUT2D eigenvalue weighted by Gasteiger charge is -2.07. The minimum atomic E-state index is -1.10. The summed E-state index contributed by atoms with van der Waals surface area (Å²) in [5.74, 6) is -1.67. The van der Waals surface area contributed by atoms with Crippen LogP contribution >= 0.6 is 15.9 Å². The molecule has 0 aromatic heterocycles. The molecule has 6 nitrogen and oxygen atoms in total. The molecular formula is C12H13BrN2O4. The summed E-state index contributed by atoms with van der Waals surface area (Å²) in [7, 11) is 0. The second kappa shape index (κ2) is 6.89. The Bertz CT molecular complexity index is 516. The van der Waals surface area contributed by atoms with E-state index in [1.807, 2.05) is 0 Å². The fourth-order valence-electron chi connectivity index (χ4n) is 1.36. The number of carbonyl (C=O) groups excluding carboxylic acids is 2. The fraction of sp³-hybridized carbons (Fsp3) is 0.250. The van der Waals surface area contributed by atoms with E-state index in [2.05, 4.69) is 26.6 Å². The van der Waals surface area contributed by atoms with Crippen molar-refractivity contribution in [1.82, 2.24) is 10.6 Å². The number of carbonyl (C=O) groups is 3. The van der Waals surface area contributed by atoms with Crippen molar-refractivity contribution in [3.05, 3.63) is 33.8 Å². The van der Waals surface area contributed by atoms with E-state index in [1.165, 1.54) is 25.1 Å². The van der Waals surface area contributed by atoms with E-state index in [4.69, 9.17) is 5.11 Å². The van der Waals surface area contributed by atoms with Crippen molar-refractivity contribution in [3.8, 4) is 0 Å². The van der Waals surface area contributed by atoms with E-state index in [0.717, 1.165) is 0 Å². The molecule has 0 heterocycles. The van der Waals surface area contributed by atoms with Crippen molar-refractivity contribution in [2.24, 2.45) is 0 Å². The van der Waals surface area contributed by atoms with Crippen LogP contribution in [0.1, 0.15) is 27.6 Å². The molecular weight excluding hydrogens is 316 g/mol. The zero-order chi connectivity index (χ0) is 14.4. The topological polar surface area (TPSA) is 95.5 Å². The van der Waals surface area contributed by atoms with Crippen molar-refractivity contribution in [3.63, 3.8) is 0 Å². The third-order valence-electron chi connectivity index (χ3n) is 2.19. The molecule has 2 amide bonds. The molecule has 19 heavy (non-hydrogen) atoms. The molecule has 0 fully saturated rings. The number of halogens is 1. The van der Waals surface area contributed by atoms with Crippen LogP contribution in [0.25, 0.3) is 0 Å². The van der Waals surface area contributed by atoms with E-state index < -0.39 is 11.9 Å². The number of carboxylic acids is 1. The maximum absolute atomic E-state index is 11.8. The molecule has 0 aliphatic rings. The van der Waals surface area contributed by atoms with Gasteiger partial charge in [0.1, 0.15) is 0 Å². The Labute approximate surface area is 118 Å². The first-order valence-electron chi connectivity index (χ1n) is 5.46. The van der Waals surface area contributed by atoms with Crippen LogP contribution in [0.3, 0.4) is 0 Å². The lowest BCUT2D eigenvalue weighted by molar-refractivity contribution is -0.118. The molecule has 0 unspecified atom stereocenters. The number of amides is 2. The summed E-state index contributed by atoms with van der Waals surface area (Å²) >= 11 is 3.15. The molecule has 0 aliphatic carbocycles. The van der Waals surface area contributed by atoms with Crippen LogP contribution in [0.2, 0.25) is 0 Å². The maximum Gasteiger partial charge on any atom is 0.335 e. The molecule has 0 saturated heterocycles. The van der Waals surface area contributed by atoms with E-state index in [-0.39, 0.29) is 23.6 Å². The molecule has 7 heteroatoms. The molecule has 3 N–H and O–H groups in total. The van der Waals surface area contributed by atoms with Crippen LogP contribution in [0.4, 0.5) is 0 Å². The van der Waals surface area contributed by atoms with Crippen LogP contribution < -0.4 is 10.6 Å². The number of hydrogen-bond acceptors (Lipinski definition) is 3. The van der Waals surface area contributed by atoms with Gasteiger partial charge in [-0.3, -0.25) is 9.59 Å². The van der Waals surface area contributed by atoms with Crippen LogP contribution in [0.5, 0.6) is 0 Å². The van der Waals surface area contributed by atoms with Gasteiger partial charge in [-0.1, -0.05) is 15.9 Å². The second-order valence-electron chi connectivity index (χ2n) is 3.77. The lowest BCUT2D eigenvalue weighted by Crippen LogP contribution is -2.33. The average molecular weight is 329 g/mol. The van der Waals surface area contributed by atoms with Gasteiger partial charge in [0.05, 0.1) is 5.56 Å². The Morgan fingerprint density at radius 1 is 1.11 bits per heavy atom. The molecule has 1 aromatic carbocycles. The first kappa shape index (κ1) is 15.2. The standard InChI is InChI=1S/C12H13BrN2O4/c1-7(16)14-2-3-15-11(17)8-4-9(12(18)19)6-10(13)5-8/h4-6H,2-3H2,1H3,(H,14,16)(H,15,17)(H,18,19). The van der Waals surface area contributed by atoms with Gasteiger partial charge in [0.15, 0.2) is 0 Å². The Kier molecular flexibility index (Phi) is 5.50. The minimum Gasteiger partial charge on any atom is -0.478 e. The summed E-state index contributed by atoms with van der Waals surface area (Å²) in [6, 6.07) is 4.23. The number of carboxylic acid groups (broad SMARTS) is 1. The molecule has 102 valence electrons.